The Bertz CT molecular complexity index is 1070. The van der Waals surface area contributed by atoms with Crippen LogP contribution >= 0.6 is 0 Å². The van der Waals surface area contributed by atoms with Gasteiger partial charge < -0.3 is 29.4 Å². The molecule has 2 atom stereocenters. The van der Waals surface area contributed by atoms with Crippen molar-refractivity contribution in [3.05, 3.63) is 39.9 Å². The molecule has 1 aromatic heterocycles. The molecule has 1 amide bonds. The number of carbonyl (C=O) groups excluding carboxylic acids is 1. The molecule has 9 heteroatoms. The molecule has 2 aromatic rings. The van der Waals surface area contributed by atoms with E-state index in [4.69, 9.17) is 9.47 Å². The van der Waals surface area contributed by atoms with E-state index in [1.807, 2.05) is 4.90 Å². The lowest BCUT2D eigenvalue weighted by Crippen LogP contribution is -2.41. The molecule has 2 N–H and O–H groups in total. The highest BCUT2D eigenvalue weighted by Gasteiger charge is 2.49. The van der Waals surface area contributed by atoms with Crippen LogP contribution in [0, 0.1) is 17.2 Å². The van der Waals surface area contributed by atoms with E-state index in [-0.39, 0.29) is 28.9 Å². The van der Waals surface area contributed by atoms with E-state index in [1.54, 1.807) is 11.0 Å². The number of anilines is 1. The number of hydrogen-bond acceptors (Lipinski definition) is 6. The fourth-order valence-corrected chi connectivity index (χ4v) is 5.07. The first-order chi connectivity index (χ1) is 15.0. The summed E-state index contributed by atoms with van der Waals surface area (Å²) in [5.74, 6) is -0.848. The molecule has 5 rings (SSSR count). The lowest BCUT2D eigenvalue weighted by atomic mass is 9.75. The first kappa shape index (κ1) is 20.4. The summed E-state index contributed by atoms with van der Waals surface area (Å²) in [5.41, 5.74) is 0.0178. The second kappa shape index (κ2) is 7.89. The highest BCUT2D eigenvalue weighted by Crippen LogP contribution is 2.42. The average molecular weight is 431 g/mol. The van der Waals surface area contributed by atoms with Crippen molar-refractivity contribution < 1.29 is 23.8 Å². The van der Waals surface area contributed by atoms with Crippen molar-refractivity contribution in [2.45, 2.75) is 6.42 Å². The zero-order valence-corrected chi connectivity index (χ0v) is 17.2. The number of fused-ring (bicyclic) bond motifs is 2. The van der Waals surface area contributed by atoms with Crippen LogP contribution in [-0.2, 0) is 9.47 Å². The van der Waals surface area contributed by atoms with E-state index in [9.17, 15) is 19.1 Å². The van der Waals surface area contributed by atoms with Crippen LogP contribution in [0.2, 0.25) is 0 Å². The Morgan fingerprint density at radius 1 is 1.26 bits per heavy atom. The summed E-state index contributed by atoms with van der Waals surface area (Å²) in [6.07, 6.45) is 2.10. The van der Waals surface area contributed by atoms with Gasteiger partial charge in [-0.25, -0.2) is 4.39 Å². The molecule has 3 saturated heterocycles. The SMILES string of the molecule is O=C(c1c[nH]c2cc(N3CCOCC3)c(F)cc2c1=O)N1C[C@@H]2COCC[C@]2(CO)C1. The van der Waals surface area contributed by atoms with Gasteiger partial charge in [0.15, 0.2) is 0 Å². The van der Waals surface area contributed by atoms with Crippen molar-refractivity contribution in [1.29, 1.82) is 0 Å². The normalized spacial score (nSPS) is 26.3. The van der Waals surface area contributed by atoms with Crippen LogP contribution in [0.25, 0.3) is 10.9 Å². The molecular formula is C22H26FN3O5. The van der Waals surface area contributed by atoms with Crippen molar-refractivity contribution in [3.63, 3.8) is 0 Å². The van der Waals surface area contributed by atoms with Crippen molar-refractivity contribution in [2.24, 2.45) is 11.3 Å². The standard InChI is InChI=1S/C22H26FN3O5/c23-17-7-15-18(8-19(17)25-2-5-30-6-3-25)24-9-16(20(15)28)21(29)26-10-14-11-31-4-1-22(14,12-26)13-27/h7-9,14,27H,1-6,10-13H2,(H,24,28)/t14-,22-/m1/s1. The Morgan fingerprint density at radius 2 is 2.06 bits per heavy atom. The molecule has 4 heterocycles. The minimum absolute atomic E-state index is 0.0151. The van der Waals surface area contributed by atoms with Crippen LogP contribution in [0.5, 0.6) is 0 Å². The number of likely N-dealkylation sites (tertiary alicyclic amines) is 1. The Kier molecular flexibility index (Phi) is 5.19. The lowest BCUT2D eigenvalue weighted by Gasteiger charge is -2.36. The molecule has 0 bridgehead atoms. The third-order valence-electron chi connectivity index (χ3n) is 7.01. The van der Waals surface area contributed by atoms with Gasteiger partial charge in [0.25, 0.3) is 5.91 Å². The molecular weight excluding hydrogens is 405 g/mol. The molecule has 3 aliphatic rings. The molecule has 3 fully saturated rings. The summed E-state index contributed by atoms with van der Waals surface area (Å²) in [7, 11) is 0. The number of nitrogens with one attached hydrogen (secondary N) is 1. The van der Waals surface area contributed by atoms with Crippen LogP contribution in [0.4, 0.5) is 10.1 Å². The number of H-pyrrole nitrogens is 1. The smallest absolute Gasteiger partial charge is 0.259 e. The summed E-state index contributed by atoms with van der Waals surface area (Å²) in [6, 6.07) is 2.83. The van der Waals surface area contributed by atoms with Gasteiger partial charge in [-0.1, -0.05) is 0 Å². The van der Waals surface area contributed by atoms with Gasteiger partial charge in [0.1, 0.15) is 11.4 Å². The number of halogens is 1. The highest BCUT2D eigenvalue weighted by molar-refractivity contribution is 5.97. The van der Waals surface area contributed by atoms with E-state index in [0.29, 0.717) is 70.2 Å². The maximum absolute atomic E-state index is 14.8. The number of amides is 1. The maximum Gasteiger partial charge on any atom is 0.259 e. The van der Waals surface area contributed by atoms with Gasteiger partial charge in [-0.15, -0.1) is 0 Å². The van der Waals surface area contributed by atoms with E-state index in [0.717, 1.165) is 0 Å². The largest absolute Gasteiger partial charge is 0.396 e. The minimum Gasteiger partial charge on any atom is -0.396 e. The van der Waals surface area contributed by atoms with Gasteiger partial charge in [0.05, 0.1) is 37.6 Å². The molecule has 166 valence electrons. The predicted molar refractivity (Wildman–Crippen MR) is 112 cm³/mol. The fourth-order valence-electron chi connectivity index (χ4n) is 5.07. The summed E-state index contributed by atoms with van der Waals surface area (Å²) in [5, 5.41) is 10.1. The topological polar surface area (TPSA) is 95.1 Å². The van der Waals surface area contributed by atoms with Gasteiger partial charge in [0, 0.05) is 55.7 Å². The Morgan fingerprint density at radius 3 is 2.81 bits per heavy atom. The molecule has 1 aromatic carbocycles. The summed E-state index contributed by atoms with van der Waals surface area (Å²) < 4.78 is 25.7. The molecule has 0 unspecified atom stereocenters. The number of aliphatic hydroxyl groups excluding tert-OH is 1. The molecule has 0 spiro atoms. The van der Waals surface area contributed by atoms with Crippen molar-refractivity contribution in [1.82, 2.24) is 9.88 Å². The summed E-state index contributed by atoms with van der Waals surface area (Å²) >= 11 is 0. The van der Waals surface area contributed by atoms with Crippen LogP contribution in [0.3, 0.4) is 0 Å². The van der Waals surface area contributed by atoms with Crippen LogP contribution in [0.15, 0.2) is 23.1 Å². The molecule has 8 nitrogen and oxygen atoms in total. The number of pyridine rings is 1. The van der Waals surface area contributed by atoms with E-state index in [1.165, 1.54) is 12.3 Å². The number of carbonyl (C=O) groups is 1. The number of rotatable bonds is 3. The third kappa shape index (κ3) is 3.40. The number of morpholine rings is 1. The Hall–Kier alpha value is -2.49. The number of aromatic nitrogens is 1. The van der Waals surface area contributed by atoms with Gasteiger partial charge in [-0.05, 0) is 18.6 Å². The van der Waals surface area contributed by atoms with Crippen molar-refractivity contribution >= 4 is 22.5 Å². The van der Waals surface area contributed by atoms with Crippen molar-refractivity contribution in [3.8, 4) is 0 Å². The number of nitrogens with zero attached hydrogens (tertiary/aromatic N) is 2. The highest BCUT2D eigenvalue weighted by atomic mass is 19.1. The zero-order valence-electron chi connectivity index (χ0n) is 17.2. The minimum atomic E-state index is -0.493. The zero-order chi connectivity index (χ0) is 21.6. The number of aliphatic hydroxyl groups is 1. The van der Waals surface area contributed by atoms with Gasteiger partial charge in [-0.2, -0.15) is 0 Å². The summed E-state index contributed by atoms with van der Waals surface area (Å²) in [4.78, 5) is 32.8. The van der Waals surface area contributed by atoms with E-state index in [2.05, 4.69) is 4.98 Å². The van der Waals surface area contributed by atoms with Gasteiger partial charge in [0.2, 0.25) is 5.43 Å². The van der Waals surface area contributed by atoms with Crippen molar-refractivity contribution in [2.75, 3.05) is 64.1 Å². The molecule has 0 aliphatic carbocycles. The average Bonchev–Trinajstić information content (AvgIpc) is 3.20. The lowest BCUT2D eigenvalue weighted by molar-refractivity contribution is -0.0415. The molecule has 31 heavy (non-hydrogen) atoms. The molecule has 0 radical (unpaired) electrons. The second-order valence-electron chi connectivity index (χ2n) is 8.71. The molecule has 3 aliphatic heterocycles. The quantitative estimate of drug-likeness (QED) is 0.752. The number of hydrogen-bond donors (Lipinski definition) is 2. The second-order valence-corrected chi connectivity index (χ2v) is 8.71. The van der Waals surface area contributed by atoms with Crippen LogP contribution in [0.1, 0.15) is 16.8 Å². The van der Waals surface area contributed by atoms with E-state index >= 15 is 0 Å². The monoisotopic (exact) mass is 431 g/mol. The first-order valence-corrected chi connectivity index (χ1v) is 10.7. The van der Waals surface area contributed by atoms with Crippen LogP contribution in [-0.4, -0.2) is 80.1 Å². The van der Waals surface area contributed by atoms with Crippen LogP contribution < -0.4 is 10.3 Å². The number of aromatic amines is 1. The predicted octanol–water partition coefficient (Wildman–Crippen LogP) is 0.975. The maximum atomic E-state index is 14.8. The van der Waals surface area contributed by atoms with E-state index < -0.39 is 17.2 Å². The van der Waals surface area contributed by atoms with Gasteiger partial charge >= 0.3 is 0 Å². The Labute approximate surface area is 178 Å². The number of ether oxygens (including phenoxy) is 2. The number of benzene rings is 1. The fraction of sp³-hybridized carbons (Fsp3) is 0.545. The third-order valence-corrected chi connectivity index (χ3v) is 7.01. The summed E-state index contributed by atoms with van der Waals surface area (Å²) in [6.45, 7) is 4.06. The molecule has 0 saturated carbocycles. The Balaban J connectivity index is 1.46. The van der Waals surface area contributed by atoms with Gasteiger partial charge in [-0.3, -0.25) is 9.59 Å². The first-order valence-electron chi connectivity index (χ1n) is 10.7.